The monoisotopic (exact) mass is 455 g/mol. The number of rotatable bonds is 5. The highest BCUT2D eigenvalue weighted by molar-refractivity contribution is 9.10. The van der Waals surface area contributed by atoms with Crippen molar-refractivity contribution in [2.24, 2.45) is 0 Å². The molecular formula is C21H18BrN3O2S. The summed E-state index contributed by atoms with van der Waals surface area (Å²) in [4.78, 5) is 20.5. The van der Waals surface area contributed by atoms with E-state index in [0.717, 1.165) is 31.8 Å². The Balaban J connectivity index is 1.86. The molecule has 0 saturated heterocycles. The third-order valence-corrected chi connectivity index (χ3v) is 6.54. The molecule has 2 aromatic carbocycles. The number of carbonyl (C=O) groups is 1. The Labute approximate surface area is 174 Å². The van der Waals surface area contributed by atoms with E-state index in [1.165, 1.54) is 11.8 Å². The van der Waals surface area contributed by atoms with E-state index in [4.69, 9.17) is 0 Å². The van der Waals surface area contributed by atoms with E-state index >= 15 is 0 Å². The molecule has 0 aliphatic carbocycles. The predicted molar refractivity (Wildman–Crippen MR) is 116 cm³/mol. The van der Waals surface area contributed by atoms with Crippen molar-refractivity contribution < 1.29 is 9.90 Å². The van der Waals surface area contributed by atoms with E-state index < -0.39 is 10.7 Å². The van der Waals surface area contributed by atoms with Crippen molar-refractivity contribution in [2.75, 3.05) is 0 Å². The fourth-order valence-electron chi connectivity index (χ4n) is 3.10. The highest BCUT2D eigenvalue weighted by atomic mass is 79.9. The number of carboxylic acid groups (broad SMARTS) is 1. The lowest BCUT2D eigenvalue weighted by Crippen LogP contribution is -2.27. The number of thioether (sulfide) groups is 1. The molecule has 142 valence electrons. The van der Waals surface area contributed by atoms with Gasteiger partial charge in [-0.15, -0.1) is 0 Å². The molecule has 4 aromatic rings. The lowest BCUT2D eigenvalue weighted by Gasteiger charge is -2.19. The molecule has 0 fully saturated rings. The minimum absolute atomic E-state index is 0.590. The lowest BCUT2D eigenvalue weighted by molar-refractivity contribution is -0.138. The van der Waals surface area contributed by atoms with Crippen LogP contribution in [0.25, 0.3) is 21.8 Å². The van der Waals surface area contributed by atoms with Crippen molar-refractivity contribution in [3.63, 3.8) is 0 Å². The highest BCUT2D eigenvalue weighted by Gasteiger charge is 2.31. The quantitative estimate of drug-likeness (QED) is 0.410. The fraction of sp³-hybridized carbons (Fsp3) is 0.190. The summed E-state index contributed by atoms with van der Waals surface area (Å²) in [5.74, 6) is -0.872. The van der Waals surface area contributed by atoms with E-state index in [2.05, 4.69) is 48.7 Å². The molecule has 0 amide bonds. The van der Waals surface area contributed by atoms with E-state index in [1.54, 1.807) is 26.2 Å². The van der Waals surface area contributed by atoms with Crippen LogP contribution in [-0.2, 0) is 11.3 Å². The van der Waals surface area contributed by atoms with Crippen molar-refractivity contribution in [3.8, 4) is 0 Å². The summed E-state index contributed by atoms with van der Waals surface area (Å²) < 4.78 is 2.13. The van der Waals surface area contributed by atoms with Crippen LogP contribution in [0.15, 0.2) is 64.5 Å². The Morgan fingerprint density at radius 3 is 2.68 bits per heavy atom. The number of aromatic nitrogens is 3. The zero-order chi connectivity index (χ0) is 19.9. The number of carboxylic acids is 1. The number of nitrogens with zero attached hydrogens (tertiary/aromatic N) is 3. The van der Waals surface area contributed by atoms with Crippen LogP contribution in [0.3, 0.4) is 0 Å². The van der Waals surface area contributed by atoms with E-state index in [-0.39, 0.29) is 0 Å². The van der Waals surface area contributed by atoms with Gasteiger partial charge in [-0.1, -0.05) is 58.0 Å². The van der Waals surface area contributed by atoms with Crippen molar-refractivity contribution in [1.29, 1.82) is 0 Å². The van der Waals surface area contributed by atoms with Crippen molar-refractivity contribution in [3.05, 3.63) is 64.9 Å². The number of imidazole rings is 1. The average molecular weight is 456 g/mol. The number of halogens is 1. The maximum absolute atomic E-state index is 11.6. The zero-order valence-electron chi connectivity index (χ0n) is 15.4. The maximum Gasteiger partial charge on any atom is 0.319 e. The van der Waals surface area contributed by atoms with Crippen LogP contribution >= 0.6 is 27.7 Å². The first-order chi connectivity index (χ1) is 13.4. The number of pyridine rings is 1. The van der Waals surface area contributed by atoms with Gasteiger partial charge in [-0.3, -0.25) is 9.78 Å². The number of benzene rings is 2. The molecule has 0 radical (unpaired) electrons. The largest absolute Gasteiger partial charge is 0.480 e. The van der Waals surface area contributed by atoms with Gasteiger partial charge >= 0.3 is 5.97 Å². The van der Waals surface area contributed by atoms with Crippen molar-refractivity contribution in [1.82, 2.24) is 14.5 Å². The lowest BCUT2D eigenvalue weighted by atomic mass is 10.0. The Morgan fingerprint density at radius 2 is 1.93 bits per heavy atom. The van der Waals surface area contributed by atoms with Crippen molar-refractivity contribution >= 4 is 55.5 Å². The van der Waals surface area contributed by atoms with Gasteiger partial charge in [0.05, 0.1) is 18.3 Å². The van der Waals surface area contributed by atoms with Gasteiger partial charge in [0.1, 0.15) is 10.3 Å². The van der Waals surface area contributed by atoms with Crippen LogP contribution in [0.5, 0.6) is 0 Å². The summed E-state index contributed by atoms with van der Waals surface area (Å²) in [6.07, 6.45) is 3.44. The number of fused-ring (bicyclic) bond motifs is 2. The van der Waals surface area contributed by atoms with Gasteiger partial charge in [0.15, 0.2) is 5.16 Å². The Morgan fingerprint density at radius 1 is 1.18 bits per heavy atom. The smallest absolute Gasteiger partial charge is 0.319 e. The minimum atomic E-state index is -0.992. The number of aliphatic carboxylic acids is 1. The third-order valence-electron chi connectivity index (χ3n) is 4.67. The molecule has 0 aliphatic heterocycles. The van der Waals surface area contributed by atoms with Crippen LogP contribution in [0, 0.1) is 0 Å². The summed E-state index contributed by atoms with van der Waals surface area (Å²) in [7, 11) is 0. The standard InChI is InChI=1S/C21H18BrN3O2S/c1-21(2,19(26)27)28-20-24-17-11-23-10-9-18(17)25(20)12-13-7-8-16(22)15-6-4-3-5-14(13)15/h3-11H,12H2,1-2H3,(H,26,27). The summed E-state index contributed by atoms with van der Waals surface area (Å²) in [6.45, 7) is 3.97. The van der Waals surface area contributed by atoms with Crippen LogP contribution in [-0.4, -0.2) is 30.4 Å². The van der Waals surface area contributed by atoms with Crippen LogP contribution in [0.2, 0.25) is 0 Å². The van der Waals surface area contributed by atoms with Crippen LogP contribution in [0.1, 0.15) is 19.4 Å². The topological polar surface area (TPSA) is 68.0 Å². The van der Waals surface area contributed by atoms with E-state index in [0.29, 0.717) is 11.7 Å². The highest BCUT2D eigenvalue weighted by Crippen LogP contribution is 2.35. The molecule has 0 bridgehead atoms. The average Bonchev–Trinajstić information content (AvgIpc) is 3.00. The number of hydrogen-bond donors (Lipinski definition) is 1. The Hall–Kier alpha value is -2.38. The van der Waals surface area contributed by atoms with Crippen LogP contribution < -0.4 is 0 Å². The second-order valence-corrected chi connectivity index (χ2v) is 9.46. The van der Waals surface area contributed by atoms with Gasteiger partial charge < -0.3 is 9.67 Å². The van der Waals surface area contributed by atoms with Gasteiger partial charge in [-0.25, -0.2) is 4.98 Å². The molecule has 0 atom stereocenters. The maximum atomic E-state index is 11.6. The summed E-state index contributed by atoms with van der Waals surface area (Å²) in [5.41, 5.74) is 2.84. The first-order valence-corrected chi connectivity index (χ1v) is 10.4. The van der Waals surface area contributed by atoms with E-state index in [9.17, 15) is 9.90 Å². The SMILES string of the molecule is CC(C)(Sc1nc2cnccc2n1Cc1ccc(Br)c2ccccc12)C(=O)O. The second kappa shape index (κ2) is 7.22. The molecule has 7 heteroatoms. The molecule has 4 rings (SSSR count). The first-order valence-electron chi connectivity index (χ1n) is 8.75. The molecule has 2 heterocycles. The zero-order valence-corrected chi connectivity index (χ0v) is 17.8. The molecule has 1 N–H and O–H groups in total. The first kappa shape index (κ1) is 19.0. The molecule has 5 nitrogen and oxygen atoms in total. The summed E-state index contributed by atoms with van der Waals surface area (Å²) in [6, 6.07) is 14.3. The summed E-state index contributed by atoms with van der Waals surface area (Å²) in [5, 5.41) is 12.5. The van der Waals surface area contributed by atoms with Crippen LogP contribution in [0.4, 0.5) is 0 Å². The van der Waals surface area contributed by atoms with Gasteiger partial charge in [0, 0.05) is 10.7 Å². The molecule has 0 unspecified atom stereocenters. The van der Waals surface area contributed by atoms with Gasteiger partial charge in [-0.05, 0) is 42.3 Å². The van der Waals surface area contributed by atoms with Gasteiger partial charge in [0.2, 0.25) is 0 Å². The van der Waals surface area contributed by atoms with Gasteiger partial charge in [-0.2, -0.15) is 0 Å². The predicted octanol–water partition coefficient (Wildman–Crippen LogP) is 5.35. The molecule has 0 saturated carbocycles. The molecule has 0 aliphatic rings. The second-order valence-electron chi connectivity index (χ2n) is 7.01. The molecular weight excluding hydrogens is 438 g/mol. The molecule has 28 heavy (non-hydrogen) atoms. The number of hydrogen-bond acceptors (Lipinski definition) is 4. The van der Waals surface area contributed by atoms with Gasteiger partial charge in [0.25, 0.3) is 0 Å². The van der Waals surface area contributed by atoms with Crippen molar-refractivity contribution in [2.45, 2.75) is 30.3 Å². The Bertz CT molecular complexity index is 1200. The third kappa shape index (κ3) is 3.40. The minimum Gasteiger partial charge on any atom is -0.480 e. The Kier molecular flexibility index (Phi) is 4.89. The molecule has 2 aromatic heterocycles. The molecule has 0 spiro atoms. The summed E-state index contributed by atoms with van der Waals surface area (Å²) >= 11 is 4.87. The normalized spacial score (nSPS) is 12.0. The fourth-order valence-corrected chi connectivity index (χ4v) is 4.53. The van der Waals surface area contributed by atoms with E-state index in [1.807, 2.05) is 24.3 Å².